The van der Waals surface area contributed by atoms with E-state index in [0.717, 1.165) is 18.7 Å². The van der Waals surface area contributed by atoms with Crippen LogP contribution in [0.2, 0.25) is 0 Å². The molecule has 17 heavy (non-hydrogen) atoms. The number of benzene rings is 1. The highest BCUT2D eigenvalue weighted by Gasteiger charge is 2.15. The van der Waals surface area contributed by atoms with Crippen molar-refractivity contribution >= 4 is 11.7 Å². The van der Waals surface area contributed by atoms with Gasteiger partial charge in [0, 0.05) is 18.8 Å². The molecular weight excluding hydrogens is 214 g/mol. The van der Waals surface area contributed by atoms with Crippen LogP contribution in [-0.2, 0) is 4.79 Å². The Morgan fingerprint density at radius 2 is 1.76 bits per heavy atom. The highest BCUT2D eigenvalue weighted by Crippen LogP contribution is 2.23. The second kappa shape index (κ2) is 5.21. The molecule has 1 heterocycles. The summed E-state index contributed by atoms with van der Waals surface area (Å²) >= 11 is 0. The van der Waals surface area contributed by atoms with Crippen molar-refractivity contribution in [3.8, 4) is 0 Å². The average Bonchev–Trinajstić information content (AvgIpc) is 2.39. The van der Waals surface area contributed by atoms with E-state index < -0.39 is 11.9 Å². The summed E-state index contributed by atoms with van der Waals surface area (Å²) in [5.41, 5.74) is 2.09. The van der Waals surface area contributed by atoms with Gasteiger partial charge in [-0.25, -0.2) is 0 Å². The van der Waals surface area contributed by atoms with Crippen molar-refractivity contribution in [1.29, 1.82) is 0 Å². The third kappa shape index (κ3) is 2.78. The maximum absolute atomic E-state index is 10.9. The Kier molecular flexibility index (Phi) is 3.67. The molecule has 3 heteroatoms. The minimum Gasteiger partial charge on any atom is -0.481 e. The lowest BCUT2D eigenvalue weighted by Gasteiger charge is -2.29. The fourth-order valence-corrected chi connectivity index (χ4v) is 2.27. The Labute approximate surface area is 102 Å². The number of piperidine rings is 1. The summed E-state index contributed by atoms with van der Waals surface area (Å²) in [7, 11) is 0. The number of carbonyl (C=O) groups is 1. The van der Waals surface area contributed by atoms with Crippen LogP contribution in [0.5, 0.6) is 0 Å². The zero-order valence-electron chi connectivity index (χ0n) is 10.2. The summed E-state index contributed by atoms with van der Waals surface area (Å²) in [6.45, 7) is 3.96. The zero-order valence-corrected chi connectivity index (χ0v) is 10.2. The van der Waals surface area contributed by atoms with E-state index in [1.807, 2.05) is 24.3 Å². The summed E-state index contributed by atoms with van der Waals surface area (Å²) in [6, 6.07) is 7.95. The Morgan fingerprint density at radius 3 is 2.29 bits per heavy atom. The fourth-order valence-electron chi connectivity index (χ4n) is 2.27. The molecule has 0 aliphatic carbocycles. The van der Waals surface area contributed by atoms with Gasteiger partial charge in [-0.2, -0.15) is 0 Å². The van der Waals surface area contributed by atoms with Crippen LogP contribution in [-0.4, -0.2) is 24.2 Å². The number of hydrogen-bond donors (Lipinski definition) is 1. The molecule has 0 spiro atoms. The molecule has 92 valence electrons. The topological polar surface area (TPSA) is 40.5 Å². The molecule has 0 amide bonds. The van der Waals surface area contributed by atoms with Crippen molar-refractivity contribution in [3.63, 3.8) is 0 Å². The zero-order chi connectivity index (χ0) is 12.3. The first-order chi connectivity index (χ1) is 8.18. The second-order valence-electron chi connectivity index (χ2n) is 4.70. The van der Waals surface area contributed by atoms with Crippen molar-refractivity contribution < 1.29 is 9.90 Å². The number of aliphatic carboxylic acids is 1. The van der Waals surface area contributed by atoms with Crippen LogP contribution in [0, 0.1) is 0 Å². The lowest BCUT2D eigenvalue weighted by atomic mass is 10.0. The minimum atomic E-state index is -0.768. The van der Waals surface area contributed by atoms with Gasteiger partial charge in [0.05, 0.1) is 5.92 Å². The fraction of sp³-hybridized carbons (Fsp3) is 0.500. The second-order valence-corrected chi connectivity index (χ2v) is 4.70. The number of hydrogen-bond acceptors (Lipinski definition) is 2. The molecule has 1 saturated heterocycles. The predicted octanol–water partition coefficient (Wildman–Crippen LogP) is 2.87. The summed E-state index contributed by atoms with van der Waals surface area (Å²) in [5.74, 6) is -1.19. The van der Waals surface area contributed by atoms with Gasteiger partial charge in [-0.15, -0.1) is 0 Å². The first-order valence-electron chi connectivity index (χ1n) is 6.26. The monoisotopic (exact) mass is 233 g/mol. The van der Waals surface area contributed by atoms with Crippen LogP contribution in [0.15, 0.2) is 24.3 Å². The molecule has 2 rings (SSSR count). The van der Waals surface area contributed by atoms with Gasteiger partial charge in [0.25, 0.3) is 0 Å². The molecule has 1 fully saturated rings. The molecule has 0 radical (unpaired) electrons. The number of anilines is 1. The molecule has 1 atom stereocenters. The van der Waals surface area contributed by atoms with E-state index in [0.29, 0.717) is 0 Å². The average molecular weight is 233 g/mol. The van der Waals surface area contributed by atoms with Gasteiger partial charge in [0.15, 0.2) is 0 Å². The molecule has 0 unspecified atom stereocenters. The standard InChI is InChI=1S/C14H19NO2/c1-11(14(16)17)12-5-7-13(8-6-12)15-9-3-2-4-10-15/h5-8,11H,2-4,9-10H2,1H3,(H,16,17)/t11-/m1/s1. The van der Waals surface area contributed by atoms with Crippen molar-refractivity contribution in [2.45, 2.75) is 32.1 Å². The lowest BCUT2D eigenvalue weighted by molar-refractivity contribution is -0.138. The maximum atomic E-state index is 10.9. The van der Waals surface area contributed by atoms with Gasteiger partial charge in [0.1, 0.15) is 0 Å². The predicted molar refractivity (Wildman–Crippen MR) is 68.6 cm³/mol. The van der Waals surface area contributed by atoms with Crippen molar-refractivity contribution in [1.82, 2.24) is 0 Å². The molecule has 0 bridgehead atoms. The van der Waals surface area contributed by atoms with E-state index >= 15 is 0 Å². The molecule has 1 aliphatic heterocycles. The number of nitrogens with zero attached hydrogens (tertiary/aromatic N) is 1. The number of rotatable bonds is 3. The van der Waals surface area contributed by atoms with E-state index in [2.05, 4.69) is 4.90 Å². The maximum Gasteiger partial charge on any atom is 0.310 e. The molecule has 1 aromatic carbocycles. The largest absolute Gasteiger partial charge is 0.481 e. The van der Waals surface area contributed by atoms with E-state index in [9.17, 15) is 4.79 Å². The quantitative estimate of drug-likeness (QED) is 0.872. The Balaban J connectivity index is 2.09. The van der Waals surface area contributed by atoms with E-state index in [-0.39, 0.29) is 0 Å². The van der Waals surface area contributed by atoms with Gasteiger partial charge in [-0.3, -0.25) is 4.79 Å². The summed E-state index contributed by atoms with van der Waals surface area (Å²) in [6.07, 6.45) is 3.84. The number of carboxylic acids is 1. The third-order valence-electron chi connectivity index (χ3n) is 3.48. The molecule has 3 nitrogen and oxygen atoms in total. The van der Waals surface area contributed by atoms with Gasteiger partial charge in [-0.1, -0.05) is 12.1 Å². The van der Waals surface area contributed by atoms with Crippen molar-refractivity contribution in [2.75, 3.05) is 18.0 Å². The normalized spacial score (nSPS) is 17.8. The van der Waals surface area contributed by atoms with Crippen LogP contribution in [0.3, 0.4) is 0 Å². The summed E-state index contributed by atoms with van der Waals surface area (Å²) < 4.78 is 0. The highest BCUT2D eigenvalue weighted by molar-refractivity contribution is 5.75. The Morgan fingerprint density at radius 1 is 1.18 bits per heavy atom. The van der Waals surface area contributed by atoms with E-state index in [4.69, 9.17) is 5.11 Å². The summed E-state index contributed by atoms with van der Waals surface area (Å²) in [5, 5.41) is 8.94. The van der Waals surface area contributed by atoms with Crippen LogP contribution in [0.25, 0.3) is 0 Å². The first-order valence-corrected chi connectivity index (χ1v) is 6.26. The van der Waals surface area contributed by atoms with E-state index in [1.165, 1.54) is 24.9 Å². The van der Waals surface area contributed by atoms with E-state index in [1.54, 1.807) is 6.92 Å². The van der Waals surface area contributed by atoms with Crippen molar-refractivity contribution in [3.05, 3.63) is 29.8 Å². The van der Waals surface area contributed by atoms with Gasteiger partial charge < -0.3 is 10.0 Å². The van der Waals surface area contributed by atoms with Gasteiger partial charge >= 0.3 is 5.97 Å². The minimum absolute atomic E-state index is 0.426. The third-order valence-corrected chi connectivity index (χ3v) is 3.48. The SMILES string of the molecule is C[C@@H](C(=O)O)c1ccc(N2CCCCC2)cc1. The van der Waals surface area contributed by atoms with Crippen LogP contribution >= 0.6 is 0 Å². The summed E-state index contributed by atoms with van der Waals surface area (Å²) in [4.78, 5) is 13.2. The molecule has 1 aromatic rings. The molecule has 1 N–H and O–H groups in total. The van der Waals surface area contributed by atoms with Gasteiger partial charge in [-0.05, 0) is 43.9 Å². The smallest absolute Gasteiger partial charge is 0.310 e. The van der Waals surface area contributed by atoms with Gasteiger partial charge in [0.2, 0.25) is 0 Å². The van der Waals surface area contributed by atoms with Crippen LogP contribution < -0.4 is 4.90 Å². The molecule has 1 aliphatic rings. The Bertz CT molecular complexity index is 380. The highest BCUT2D eigenvalue weighted by atomic mass is 16.4. The molecular formula is C14H19NO2. The number of carboxylic acid groups (broad SMARTS) is 1. The Hall–Kier alpha value is -1.51. The molecule has 0 aromatic heterocycles. The van der Waals surface area contributed by atoms with Crippen LogP contribution in [0.4, 0.5) is 5.69 Å². The lowest BCUT2D eigenvalue weighted by Crippen LogP contribution is -2.29. The van der Waals surface area contributed by atoms with Crippen molar-refractivity contribution in [2.24, 2.45) is 0 Å². The molecule has 0 saturated carbocycles. The first kappa shape index (κ1) is 12.0. The van der Waals surface area contributed by atoms with Crippen LogP contribution in [0.1, 0.15) is 37.7 Å².